The molecule has 0 fully saturated rings. The van der Waals surface area contributed by atoms with Crippen LogP contribution in [0.15, 0.2) is 54.9 Å². The van der Waals surface area contributed by atoms with Crippen molar-refractivity contribution >= 4 is 10.8 Å². The molecule has 0 radical (unpaired) electrons. The van der Waals surface area contributed by atoms with Crippen LogP contribution < -0.4 is 0 Å². The monoisotopic (exact) mass is 285 g/mol. The van der Waals surface area contributed by atoms with E-state index in [2.05, 4.69) is 4.98 Å². The van der Waals surface area contributed by atoms with Gasteiger partial charge in [0, 0.05) is 35.8 Å². The lowest BCUT2D eigenvalue weighted by atomic mass is 9.98. The first-order valence-electron chi connectivity index (χ1n) is 6.59. The summed E-state index contributed by atoms with van der Waals surface area (Å²) >= 11 is 0. The van der Waals surface area contributed by atoms with Crippen LogP contribution in [0.1, 0.15) is 17.2 Å². The van der Waals surface area contributed by atoms with Gasteiger partial charge in [0.05, 0.1) is 6.10 Å². The summed E-state index contributed by atoms with van der Waals surface area (Å²) in [7, 11) is 0. The number of fused-ring (bicyclic) bond motifs is 1. The molecule has 4 heteroatoms. The Hall–Kier alpha value is -2.33. The molecular weight excluding hydrogens is 272 g/mol. The van der Waals surface area contributed by atoms with Gasteiger partial charge < -0.3 is 5.11 Å². The highest BCUT2D eigenvalue weighted by atomic mass is 19.1. The van der Waals surface area contributed by atoms with Crippen LogP contribution in [0, 0.1) is 11.6 Å². The summed E-state index contributed by atoms with van der Waals surface area (Å²) in [6, 6.07) is 10.8. The van der Waals surface area contributed by atoms with Crippen molar-refractivity contribution in [3.05, 3.63) is 77.6 Å². The molecule has 1 heterocycles. The van der Waals surface area contributed by atoms with E-state index in [1.165, 1.54) is 12.1 Å². The summed E-state index contributed by atoms with van der Waals surface area (Å²) < 4.78 is 26.4. The number of aromatic nitrogens is 1. The van der Waals surface area contributed by atoms with E-state index in [4.69, 9.17) is 0 Å². The van der Waals surface area contributed by atoms with Crippen molar-refractivity contribution in [2.45, 2.75) is 12.5 Å². The number of aliphatic hydroxyl groups is 1. The van der Waals surface area contributed by atoms with Crippen LogP contribution in [-0.2, 0) is 6.42 Å². The predicted octanol–water partition coefficient (Wildman–Crippen LogP) is 3.79. The SMILES string of the molecule is OC(Cc1cc(F)cc(F)c1)c1cncc2ccccc12. The normalized spacial score (nSPS) is 12.5. The summed E-state index contributed by atoms with van der Waals surface area (Å²) in [5.74, 6) is -1.29. The average molecular weight is 285 g/mol. The first-order valence-corrected chi connectivity index (χ1v) is 6.59. The van der Waals surface area contributed by atoms with Gasteiger partial charge in [-0.3, -0.25) is 4.98 Å². The molecule has 0 saturated carbocycles. The minimum Gasteiger partial charge on any atom is -0.388 e. The molecule has 2 nitrogen and oxygen atoms in total. The lowest BCUT2D eigenvalue weighted by Gasteiger charge is -2.13. The summed E-state index contributed by atoms with van der Waals surface area (Å²) in [6.45, 7) is 0. The van der Waals surface area contributed by atoms with Gasteiger partial charge in [-0.05, 0) is 23.1 Å². The fourth-order valence-electron chi connectivity index (χ4n) is 2.47. The zero-order chi connectivity index (χ0) is 14.8. The van der Waals surface area contributed by atoms with E-state index in [1.54, 1.807) is 12.4 Å². The molecule has 0 spiro atoms. The van der Waals surface area contributed by atoms with Crippen molar-refractivity contribution < 1.29 is 13.9 Å². The molecule has 106 valence electrons. The van der Waals surface area contributed by atoms with Gasteiger partial charge in [0.1, 0.15) is 11.6 Å². The van der Waals surface area contributed by atoms with Crippen LogP contribution >= 0.6 is 0 Å². The van der Waals surface area contributed by atoms with Gasteiger partial charge in [-0.2, -0.15) is 0 Å². The highest BCUT2D eigenvalue weighted by Crippen LogP contribution is 2.26. The molecule has 0 bridgehead atoms. The van der Waals surface area contributed by atoms with Gasteiger partial charge in [0.25, 0.3) is 0 Å². The second-order valence-corrected chi connectivity index (χ2v) is 4.95. The molecule has 0 amide bonds. The van der Waals surface area contributed by atoms with E-state index >= 15 is 0 Å². The van der Waals surface area contributed by atoms with E-state index < -0.39 is 17.7 Å². The van der Waals surface area contributed by atoms with E-state index in [0.29, 0.717) is 11.1 Å². The summed E-state index contributed by atoms with van der Waals surface area (Å²) in [5.41, 5.74) is 1.06. The van der Waals surface area contributed by atoms with Crippen LogP contribution in [0.4, 0.5) is 8.78 Å². The number of benzene rings is 2. The van der Waals surface area contributed by atoms with Gasteiger partial charge in [0.2, 0.25) is 0 Å². The van der Waals surface area contributed by atoms with E-state index in [9.17, 15) is 13.9 Å². The van der Waals surface area contributed by atoms with Gasteiger partial charge in [0.15, 0.2) is 0 Å². The molecule has 2 aromatic carbocycles. The minimum atomic E-state index is -0.871. The van der Waals surface area contributed by atoms with Crippen molar-refractivity contribution in [2.24, 2.45) is 0 Å². The first-order chi connectivity index (χ1) is 10.1. The lowest BCUT2D eigenvalue weighted by molar-refractivity contribution is 0.179. The maximum Gasteiger partial charge on any atom is 0.126 e. The molecular formula is C17H13F2NO. The van der Waals surface area contributed by atoms with Crippen LogP contribution in [0.3, 0.4) is 0 Å². The second-order valence-electron chi connectivity index (χ2n) is 4.95. The molecule has 1 aromatic heterocycles. The third-order valence-corrected chi connectivity index (χ3v) is 3.41. The maximum atomic E-state index is 13.2. The molecule has 1 atom stereocenters. The third kappa shape index (κ3) is 2.90. The summed E-state index contributed by atoms with van der Waals surface area (Å²) in [5, 5.41) is 12.2. The Kier molecular flexibility index (Phi) is 3.62. The number of halogens is 2. The topological polar surface area (TPSA) is 33.1 Å². The van der Waals surface area contributed by atoms with Gasteiger partial charge in [-0.1, -0.05) is 24.3 Å². The summed E-state index contributed by atoms with van der Waals surface area (Å²) in [6.07, 6.45) is 2.56. The van der Waals surface area contributed by atoms with Crippen LogP contribution in [0.5, 0.6) is 0 Å². The van der Waals surface area contributed by atoms with E-state index in [1.807, 2.05) is 24.3 Å². The fraction of sp³-hybridized carbons (Fsp3) is 0.118. The lowest BCUT2D eigenvalue weighted by Crippen LogP contribution is -2.04. The Morgan fingerprint density at radius 3 is 2.48 bits per heavy atom. The van der Waals surface area contributed by atoms with Gasteiger partial charge in [-0.15, -0.1) is 0 Å². The van der Waals surface area contributed by atoms with Crippen molar-refractivity contribution in [1.82, 2.24) is 4.98 Å². The van der Waals surface area contributed by atoms with E-state index in [0.717, 1.165) is 16.8 Å². The zero-order valence-electron chi connectivity index (χ0n) is 11.1. The number of hydrogen-bond acceptors (Lipinski definition) is 2. The third-order valence-electron chi connectivity index (χ3n) is 3.41. The molecule has 0 aliphatic carbocycles. The Labute approximate surface area is 120 Å². The Morgan fingerprint density at radius 1 is 1.00 bits per heavy atom. The molecule has 0 aliphatic rings. The zero-order valence-corrected chi connectivity index (χ0v) is 11.1. The Morgan fingerprint density at radius 2 is 1.71 bits per heavy atom. The smallest absolute Gasteiger partial charge is 0.126 e. The van der Waals surface area contributed by atoms with Gasteiger partial charge >= 0.3 is 0 Å². The number of aliphatic hydroxyl groups excluding tert-OH is 1. The van der Waals surface area contributed by atoms with Gasteiger partial charge in [-0.25, -0.2) is 8.78 Å². The summed E-state index contributed by atoms with van der Waals surface area (Å²) in [4.78, 5) is 4.10. The van der Waals surface area contributed by atoms with Crippen molar-refractivity contribution in [3.8, 4) is 0 Å². The van der Waals surface area contributed by atoms with Crippen molar-refractivity contribution in [2.75, 3.05) is 0 Å². The molecule has 0 aliphatic heterocycles. The molecule has 3 aromatic rings. The minimum absolute atomic E-state index is 0.129. The molecule has 1 N–H and O–H groups in total. The fourth-order valence-corrected chi connectivity index (χ4v) is 2.47. The van der Waals surface area contributed by atoms with Crippen LogP contribution in [0.25, 0.3) is 10.8 Å². The van der Waals surface area contributed by atoms with Crippen molar-refractivity contribution in [1.29, 1.82) is 0 Å². The number of pyridine rings is 1. The first kappa shape index (κ1) is 13.6. The maximum absolute atomic E-state index is 13.2. The highest BCUT2D eigenvalue weighted by molar-refractivity contribution is 5.84. The highest BCUT2D eigenvalue weighted by Gasteiger charge is 2.13. The quantitative estimate of drug-likeness (QED) is 0.794. The van der Waals surface area contributed by atoms with Crippen LogP contribution in [-0.4, -0.2) is 10.1 Å². The predicted molar refractivity (Wildman–Crippen MR) is 76.8 cm³/mol. The Bertz CT molecular complexity index is 763. The largest absolute Gasteiger partial charge is 0.388 e. The molecule has 3 rings (SSSR count). The Balaban J connectivity index is 1.95. The molecule has 1 unspecified atom stereocenters. The standard InChI is InChI=1S/C17H13F2NO/c18-13-5-11(6-14(19)8-13)7-17(21)16-10-20-9-12-3-1-2-4-15(12)16/h1-6,8-10,17,21H,7H2. The number of nitrogens with zero attached hydrogens (tertiary/aromatic N) is 1. The van der Waals surface area contributed by atoms with Crippen molar-refractivity contribution in [3.63, 3.8) is 0 Å². The van der Waals surface area contributed by atoms with E-state index in [-0.39, 0.29) is 6.42 Å². The molecule has 21 heavy (non-hydrogen) atoms. The second kappa shape index (κ2) is 5.58. The number of rotatable bonds is 3. The number of hydrogen-bond donors (Lipinski definition) is 1. The molecule has 0 saturated heterocycles. The van der Waals surface area contributed by atoms with Crippen LogP contribution in [0.2, 0.25) is 0 Å². The average Bonchev–Trinajstić information content (AvgIpc) is 2.45.